The first-order valence-corrected chi connectivity index (χ1v) is 12.2. The van der Waals surface area contributed by atoms with Gasteiger partial charge in [0.15, 0.2) is 11.6 Å². The lowest BCUT2D eigenvalue weighted by Gasteiger charge is -2.29. The molecule has 3 aromatic rings. The number of ether oxygens (including phenoxy) is 2. The lowest BCUT2D eigenvalue weighted by Crippen LogP contribution is -2.20. The van der Waals surface area contributed by atoms with Crippen LogP contribution in [0.15, 0.2) is 54.6 Å². The van der Waals surface area contributed by atoms with E-state index in [1.165, 1.54) is 18.2 Å². The Morgan fingerprint density at radius 2 is 1.60 bits per heavy atom. The minimum atomic E-state index is -1.01. The zero-order valence-electron chi connectivity index (χ0n) is 20.1. The Hall–Kier alpha value is -2.99. The normalized spacial score (nSPS) is 18.8. The van der Waals surface area contributed by atoms with E-state index in [9.17, 15) is 18.3 Å². The first-order valence-electron chi connectivity index (χ1n) is 12.2. The van der Waals surface area contributed by atoms with E-state index in [1.54, 1.807) is 43.3 Å². The number of aliphatic hydroxyl groups is 1. The van der Waals surface area contributed by atoms with E-state index in [4.69, 9.17) is 9.47 Å². The van der Waals surface area contributed by atoms with Gasteiger partial charge in [-0.2, -0.15) is 4.39 Å². The summed E-state index contributed by atoms with van der Waals surface area (Å²) in [7, 11) is 0. The first-order chi connectivity index (χ1) is 16.9. The molecule has 0 heterocycles. The Labute approximate surface area is 204 Å². The molecule has 1 aliphatic rings. The van der Waals surface area contributed by atoms with Crippen molar-refractivity contribution in [2.45, 2.75) is 51.6 Å². The van der Waals surface area contributed by atoms with E-state index in [0.717, 1.165) is 25.7 Å². The van der Waals surface area contributed by atoms with Gasteiger partial charge in [0.2, 0.25) is 5.82 Å². The zero-order chi connectivity index (χ0) is 24.9. The second-order valence-corrected chi connectivity index (χ2v) is 9.18. The van der Waals surface area contributed by atoms with E-state index in [0.29, 0.717) is 29.0 Å². The van der Waals surface area contributed by atoms with E-state index in [2.05, 4.69) is 0 Å². The zero-order valence-corrected chi connectivity index (χ0v) is 20.1. The molecule has 1 aliphatic carbocycles. The molecule has 0 saturated heterocycles. The van der Waals surface area contributed by atoms with Crippen molar-refractivity contribution in [3.63, 3.8) is 0 Å². The van der Waals surface area contributed by atoms with Gasteiger partial charge in [0.05, 0.1) is 19.3 Å². The molecule has 1 N–H and O–H groups in total. The van der Waals surface area contributed by atoms with Crippen LogP contribution in [0.5, 0.6) is 11.5 Å². The average Bonchev–Trinajstić information content (AvgIpc) is 2.86. The maximum absolute atomic E-state index is 14.8. The predicted octanol–water partition coefficient (Wildman–Crippen LogP) is 7.58. The summed E-state index contributed by atoms with van der Waals surface area (Å²) in [5, 5.41) is 9.63. The second-order valence-electron chi connectivity index (χ2n) is 9.18. The van der Waals surface area contributed by atoms with Crippen LogP contribution < -0.4 is 9.47 Å². The third-order valence-electron chi connectivity index (χ3n) is 6.80. The summed E-state index contributed by atoms with van der Waals surface area (Å²) >= 11 is 0. The van der Waals surface area contributed by atoms with Gasteiger partial charge in [-0.25, -0.2) is 8.78 Å². The van der Waals surface area contributed by atoms with Gasteiger partial charge in [0.1, 0.15) is 11.6 Å². The Morgan fingerprint density at radius 1 is 0.886 bits per heavy atom. The van der Waals surface area contributed by atoms with Crippen molar-refractivity contribution >= 4 is 0 Å². The Morgan fingerprint density at radius 3 is 2.23 bits per heavy atom. The molecule has 0 amide bonds. The van der Waals surface area contributed by atoms with Gasteiger partial charge < -0.3 is 14.6 Å². The molecule has 1 saturated carbocycles. The molecule has 6 heteroatoms. The van der Waals surface area contributed by atoms with Crippen LogP contribution in [0.2, 0.25) is 0 Å². The molecule has 0 spiro atoms. The first kappa shape index (κ1) is 25.1. The maximum Gasteiger partial charge on any atom is 0.201 e. The summed E-state index contributed by atoms with van der Waals surface area (Å²) in [6.07, 6.45) is 2.66. The third-order valence-corrected chi connectivity index (χ3v) is 6.80. The van der Waals surface area contributed by atoms with Crippen LogP contribution in [0.4, 0.5) is 13.2 Å². The van der Waals surface area contributed by atoms with Gasteiger partial charge in [0.25, 0.3) is 0 Å². The maximum atomic E-state index is 14.8. The van der Waals surface area contributed by atoms with Gasteiger partial charge in [0, 0.05) is 11.6 Å². The summed E-state index contributed by atoms with van der Waals surface area (Å²) in [5.74, 6) is -1.44. The summed E-state index contributed by atoms with van der Waals surface area (Å²) in [6, 6.07) is 14.7. The Kier molecular flexibility index (Phi) is 8.01. The molecular formula is C29H31F3O3. The molecule has 4 rings (SSSR count). The molecule has 1 unspecified atom stereocenters. The summed E-state index contributed by atoms with van der Waals surface area (Å²) in [6.45, 7) is 4.29. The summed E-state index contributed by atoms with van der Waals surface area (Å²) in [5.41, 5.74) is 2.08. The van der Waals surface area contributed by atoms with Crippen LogP contribution in [0, 0.1) is 23.4 Å². The molecule has 1 fully saturated rings. The van der Waals surface area contributed by atoms with E-state index < -0.39 is 17.7 Å². The minimum absolute atomic E-state index is 0.105. The van der Waals surface area contributed by atoms with Gasteiger partial charge in [-0.3, -0.25) is 0 Å². The molecule has 1 atom stereocenters. The molecule has 0 bridgehead atoms. The lowest BCUT2D eigenvalue weighted by atomic mass is 9.79. The molecule has 186 valence electrons. The number of hydrogen-bond donors (Lipinski definition) is 1. The van der Waals surface area contributed by atoms with Crippen molar-refractivity contribution in [2.75, 3.05) is 13.2 Å². The number of rotatable bonds is 8. The van der Waals surface area contributed by atoms with Crippen LogP contribution in [0.1, 0.15) is 62.7 Å². The van der Waals surface area contributed by atoms with E-state index in [1.807, 2.05) is 6.92 Å². The third kappa shape index (κ3) is 5.81. The fourth-order valence-corrected chi connectivity index (χ4v) is 4.75. The number of hydrogen-bond acceptors (Lipinski definition) is 3. The van der Waals surface area contributed by atoms with Crippen LogP contribution in [0.25, 0.3) is 11.1 Å². The lowest BCUT2D eigenvalue weighted by molar-refractivity contribution is 0.192. The van der Waals surface area contributed by atoms with E-state index in [-0.39, 0.29) is 35.6 Å². The second kappa shape index (κ2) is 11.2. The molecular weight excluding hydrogens is 453 g/mol. The van der Waals surface area contributed by atoms with Crippen molar-refractivity contribution in [1.82, 2.24) is 0 Å². The quantitative estimate of drug-likeness (QED) is 0.358. The molecule has 3 aromatic carbocycles. The highest BCUT2D eigenvalue weighted by atomic mass is 19.2. The fraction of sp³-hybridized carbons (Fsp3) is 0.379. The molecule has 0 aliphatic heterocycles. The van der Waals surface area contributed by atoms with Gasteiger partial charge in [-0.05, 0) is 86.3 Å². The molecule has 0 radical (unpaired) electrons. The largest absolute Gasteiger partial charge is 0.494 e. The van der Waals surface area contributed by atoms with Gasteiger partial charge in [-0.1, -0.05) is 30.3 Å². The Balaban J connectivity index is 1.34. The van der Waals surface area contributed by atoms with Gasteiger partial charge in [-0.15, -0.1) is 0 Å². The monoisotopic (exact) mass is 484 g/mol. The summed E-state index contributed by atoms with van der Waals surface area (Å²) < 4.78 is 55.1. The predicted molar refractivity (Wildman–Crippen MR) is 130 cm³/mol. The van der Waals surface area contributed by atoms with Crippen molar-refractivity contribution in [2.24, 2.45) is 5.92 Å². The fourth-order valence-electron chi connectivity index (χ4n) is 4.75. The number of benzene rings is 3. The molecule has 0 aromatic heterocycles. The van der Waals surface area contributed by atoms with Crippen LogP contribution in [0.3, 0.4) is 0 Å². The average molecular weight is 485 g/mol. The highest BCUT2D eigenvalue weighted by Gasteiger charge is 2.26. The standard InChI is InChI=1S/C29H31F3O3/c1-3-34-23-12-13-24(26(30)16-23)21-6-4-19(5-7-21)17-35-27-15-14-25(28(31)29(27)32)22-10-8-20(9-11-22)18(2)33/h8-16,18-19,21,33H,3-7,17H2,1-2H3. The van der Waals surface area contributed by atoms with Gasteiger partial charge >= 0.3 is 0 Å². The van der Waals surface area contributed by atoms with Crippen LogP contribution in [-0.4, -0.2) is 18.3 Å². The number of halogens is 3. The van der Waals surface area contributed by atoms with Crippen molar-refractivity contribution in [1.29, 1.82) is 0 Å². The number of aliphatic hydroxyl groups excluding tert-OH is 1. The summed E-state index contributed by atoms with van der Waals surface area (Å²) in [4.78, 5) is 0. The van der Waals surface area contributed by atoms with Crippen molar-refractivity contribution < 1.29 is 27.8 Å². The highest BCUT2D eigenvalue weighted by molar-refractivity contribution is 5.65. The van der Waals surface area contributed by atoms with E-state index >= 15 is 0 Å². The van der Waals surface area contributed by atoms with Crippen LogP contribution in [-0.2, 0) is 0 Å². The smallest absolute Gasteiger partial charge is 0.201 e. The molecule has 3 nitrogen and oxygen atoms in total. The SMILES string of the molecule is CCOc1ccc(C2CCC(COc3ccc(-c4ccc(C(C)O)cc4)c(F)c3F)CC2)c(F)c1. The van der Waals surface area contributed by atoms with Crippen molar-refractivity contribution in [3.8, 4) is 22.6 Å². The Bertz CT molecular complexity index is 1140. The van der Waals surface area contributed by atoms with Crippen LogP contribution >= 0.6 is 0 Å². The minimum Gasteiger partial charge on any atom is -0.494 e. The highest BCUT2D eigenvalue weighted by Crippen LogP contribution is 2.38. The molecule has 35 heavy (non-hydrogen) atoms. The topological polar surface area (TPSA) is 38.7 Å². The van der Waals surface area contributed by atoms with Crippen molar-refractivity contribution in [3.05, 3.63) is 83.2 Å².